The van der Waals surface area contributed by atoms with Crippen molar-refractivity contribution in [1.29, 1.82) is 0 Å². The summed E-state index contributed by atoms with van der Waals surface area (Å²) in [7, 11) is -2.01. The molecule has 12 heavy (non-hydrogen) atoms. The molecule has 0 rings (SSSR count). The third-order valence-electron chi connectivity index (χ3n) is 3.25. The van der Waals surface area contributed by atoms with Crippen molar-refractivity contribution in [3.63, 3.8) is 0 Å². The lowest BCUT2D eigenvalue weighted by molar-refractivity contribution is 0.464. The van der Waals surface area contributed by atoms with Crippen LogP contribution in [0.1, 0.15) is 48.0 Å². The number of hydrogen-bond donors (Lipinski definition) is 1. The highest BCUT2D eigenvalue weighted by atomic mass is 28.4. The summed E-state index contributed by atoms with van der Waals surface area (Å²) in [5, 5.41) is 0. The SMILES string of the molecule is CCC(C)[Si](O)(C(C)C)C(C)C. The third kappa shape index (κ3) is 2.11. The van der Waals surface area contributed by atoms with Gasteiger partial charge in [-0.1, -0.05) is 48.0 Å². The van der Waals surface area contributed by atoms with E-state index in [0.717, 1.165) is 6.42 Å². The van der Waals surface area contributed by atoms with Crippen LogP contribution in [0.3, 0.4) is 0 Å². The van der Waals surface area contributed by atoms with Gasteiger partial charge in [-0.25, -0.2) is 0 Å². The summed E-state index contributed by atoms with van der Waals surface area (Å²) in [4.78, 5) is 10.6. The Morgan fingerprint density at radius 2 is 1.33 bits per heavy atom. The lowest BCUT2D eigenvalue weighted by Crippen LogP contribution is -2.45. The Morgan fingerprint density at radius 1 is 1.00 bits per heavy atom. The van der Waals surface area contributed by atoms with Gasteiger partial charge in [-0.2, -0.15) is 0 Å². The molecule has 0 saturated carbocycles. The van der Waals surface area contributed by atoms with Crippen molar-refractivity contribution in [3.05, 3.63) is 0 Å². The first-order chi connectivity index (χ1) is 5.37. The van der Waals surface area contributed by atoms with Gasteiger partial charge >= 0.3 is 0 Å². The van der Waals surface area contributed by atoms with Crippen LogP contribution in [-0.4, -0.2) is 13.1 Å². The number of rotatable bonds is 4. The molecule has 0 aromatic heterocycles. The average molecular weight is 188 g/mol. The molecule has 0 aliphatic carbocycles. The Hall–Kier alpha value is 0.177. The summed E-state index contributed by atoms with van der Waals surface area (Å²) in [6.07, 6.45) is 1.11. The summed E-state index contributed by atoms with van der Waals surface area (Å²) < 4.78 is 0. The van der Waals surface area contributed by atoms with Crippen molar-refractivity contribution in [3.8, 4) is 0 Å². The van der Waals surface area contributed by atoms with Gasteiger partial charge < -0.3 is 4.80 Å². The van der Waals surface area contributed by atoms with E-state index in [4.69, 9.17) is 0 Å². The molecular formula is C10H24OSi. The first kappa shape index (κ1) is 12.2. The second-order valence-electron chi connectivity index (χ2n) is 4.51. The normalized spacial score (nSPS) is 15.8. The first-order valence-corrected chi connectivity index (χ1v) is 7.27. The van der Waals surface area contributed by atoms with Crippen LogP contribution in [0, 0.1) is 0 Å². The molecule has 0 amide bonds. The van der Waals surface area contributed by atoms with Crippen molar-refractivity contribution in [1.82, 2.24) is 0 Å². The van der Waals surface area contributed by atoms with Crippen LogP contribution in [0.2, 0.25) is 16.6 Å². The summed E-state index contributed by atoms with van der Waals surface area (Å²) in [5.41, 5.74) is 1.48. The topological polar surface area (TPSA) is 20.2 Å². The van der Waals surface area contributed by atoms with E-state index in [-0.39, 0.29) is 0 Å². The van der Waals surface area contributed by atoms with Gasteiger partial charge in [0.05, 0.1) is 0 Å². The Kier molecular flexibility index (Phi) is 4.49. The summed E-state index contributed by atoms with van der Waals surface area (Å²) in [6.45, 7) is 13.0. The molecule has 1 unspecified atom stereocenters. The molecule has 74 valence electrons. The molecule has 0 radical (unpaired) electrons. The van der Waals surface area contributed by atoms with Crippen LogP contribution in [-0.2, 0) is 0 Å². The summed E-state index contributed by atoms with van der Waals surface area (Å²) >= 11 is 0. The molecule has 0 spiro atoms. The van der Waals surface area contributed by atoms with Gasteiger partial charge in [-0.05, 0) is 16.6 Å². The number of hydrogen-bond acceptors (Lipinski definition) is 1. The van der Waals surface area contributed by atoms with Crippen molar-refractivity contribution < 1.29 is 4.80 Å². The largest absolute Gasteiger partial charge is 0.431 e. The van der Waals surface area contributed by atoms with E-state index in [1.165, 1.54) is 0 Å². The average Bonchev–Trinajstić information content (AvgIpc) is 2.00. The molecule has 0 aliphatic heterocycles. The maximum atomic E-state index is 10.6. The van der Waals surface area contributed by atoms with Crippen LogP contribution >= 0.6 is 0 Å². The van der Waals surface area contributed by atoms with Crippen molar-refractivity contribution >= 4 is 8.32 Å². The van der Waals surface area contributed by atoms with Crippen molar-refractivity contribution in [2.75, 3.05) is 0 Å². The molecule has 0 saturated heterocycles. The van der Waals surface area contributed by atoms with Crippen LogP contribution in [0.25, 0.3) is 0 Å². The maximum Gasteiger partial charge on any atom is 0.196 e. The zero-order valence-electron chi connectivity index (χ0n) is 9.39. The molecule has 0 heterocycles. The fourth-order valence-corrected chi connectivity index (χ4v) is 6.40. The molecule has 0 aliphatic rings. The highest BCUT2D eigenvalue weighted by Gasteiger charge is 2.42. The highest BCUT2D eigenvalue weighted by Crippen LogP contribution is 2.40. The quantitative estimate of drug-likeness (QED) is 0.669. The monoisotopic (exact) mass is 188 g/mol. The van der Waals surface area contributed by atoms with E-state index in [2.05, 4.69) is 41.5 Å². The van der Waals surface area contributed by atoms with Crippen LogP contribution in [0.5, 0.6) is 0 Å². The maximum absolute atomic E-state index is 10.6. The van der Waals surface area contributed by atoms with Gasteiger partial charge in [-0.3, -0.25) is 0 Å². The molecule has 0 bridgehead atoms. The predicted molar refractivity (Wildman–Crippen MR) is 57.9 cm³/mol. The fourth-order valence-electron chi connectivity index (χ4n) is 2.13. The zero-order chi connectivity index (χ0) is 9.94. The molecular weight excluding hydrogens is 164 g/mol. The lowest BCUT2D eigenvalue weighted by atomic mass is 10.4. The van der Waals surface area contributed by atoms with E-state index in [1.54, 1.807) is 0 Å². The minimum absolute atomic E-state index is 0.479. The summed E-state index contributed by atoms with van der Waals surface area (Å²) in [5.74, 6) is 0. The Balaban J connectivity index is 4.61. The Labute approximate surface area is 78.3 Å². The predicted octanol–water partition coefficient (Wildman–Crippen LogP) is 3.54. The van der Waals surface area contributed by atoms with Gasteiger partial charge in [0.15, 0.2) is 8.32 Å². The smallest absolute Gasteiger partial charge is 0.196 e. The fraction of sp³-hybridized carbons (Fsp3) is 1.00. The van der Waals surface area contributed by atoms with E-state index >= 15 is 0 Å². The molecule has 2 heteroatoms. The molecule has 1 atom stereocenters. The molecule has 0 aromatic carbocycles. The minimum Gasteiger partial charge on any atom is -0.431 e. The Morgan fingerprint density at radius 3 is 1.42 bits per heavy atom. The second kappa shape index (κ2) is 4.42. The molecule has 0 aromatic rings. The summed E-state index contributed by atoms with van der Waals surface area (Å²) in [6, 6.07) is 0. The van der Waals surface area contributed by atoms with E-state index < -0.39 is 8.32 Å². The van der Waals surface area contributed by atoms with E-state index in [1.807, 2.05) is 0 Å². The zero-order valence-corrected chi connectivity index (χ0v) is 10.4. The van der Waals surface area contributed by atoms with E-state index in [0.29, 0.717) is 16.6 Å². The van der Waals surface area contributed by atoms with Gasteiger partial charge in [0.2, 0.25) is 0 Å². The van der Waals surface area contributed by atoms with Gasteiger partial charge in [0, 0.05) is 0 Å². The van der Waals surface area contributed by atoms with Crippen LogP contribution in [0.4, 0.5) is 0 Å². The first-order valence-electron chi connectivity index (χ1n) is 5.09. The molecule has 1 N–H and O–H groups in total. The highest BCUT2D eigenvalue weighted by molar-refractivity contribution is 6.76. The van der Waals surface area contributed by atoms with Crippen molar-refractivity contribution in [2.45, 2.75) is 64.6 Å². The van der Waals surface area contributed by atoms with E-state index in [9.17, 15) is 4.80 Å². The third-order valence-corrected chi connectivity index (χ3v) is 8.94. The van der Waals surface area contributed by atoms with Gasteiger partial charge in [-0.15, -0.1) is 0 Å². The Bertz CT molecular complexity index is 124. The lowest BCUT2D eigenvalue weighted by Gasteiger charge is -2.38. The molecule has 0 fully saturated rings. The van der Waals surface area contributed by atoms with Crippen molar-refractivity contribution in [2.24, 2.45) is 0 Å². The standard InChI is InChI=1S/C10H24OSi/c1-7-10(6)12(11,8(2)3)9(4)5/h8-11H,7H2,1-6H3. The molecule has 1 nitrogen and oxygen atoms in total. The van der Waals surface area contributed by atoms with Gasteiger partial charge in [0.1, 0.15) is 0 Å². The minimum atomic E-state index is -2.01. The second-order valence-corrected chi connectivity index (χ2v) is 9.58. The van der Waals surface area contributed by atoms with Crippen LogP contribution < -0.4 is 0 Å². The van der Waals surface area contributed by atoms with Gasteiger partial charge in [0.25, 0.3) is 0 Å². The van der Waals surface area contributed by atoms with Crippen LogP contribution in [0.15, 0.2) is 0 Å².